The number of aliphatic hydroxyl groups is 1. The lowest BCUT2D eigenvalue weighted by atomic mass is 9.85. The molecule has 2 saturated heterocycles. The predicted molar refractivity (Wildman–Crippen MR) is 333 cm³/mol. The minimum atomic E-state index is -0.984. The van der Waals surface area contributed by atoms with Gasteiger partial charge < -0.3 is 64.4 Å². The zero-order valence-electron chi connectivity index (χ0n) is 50.8. The molecule has 0 saturated carbocycles. The molecule has 2 aliphatic heterocycles. The Bertz CT molecular complexity index is 3270. The van der Waals surface area contributed by atoms with Crippen molar-refractivity contribution in [1.29, 1.82) is 0 Å². The number of β-amino-alcohol motifs (C(OH)–C–C–N with tert-alkyl or cyclic N) is 1. The highest BCUT2D eigenvalue weighted by Gasteiger charge is 2.44. The van der Waals surface area contributed by atoms with Crippen LogP contribution in [0.4, 0.5) is 21.6 Å². The lowest BCUT2D eigenvalue weighted by molar-refractivity contribution is -0.144. The molecule has 3 aromatic heterocycles. The van der Waals surface area contributed by atoms with Crippen molar-refractivity contribution in [2.75, 3.05) is 116 Å². The van der Waals surface area contributed by atoms with E-state index >= 15 is 0 Å². The van der Waals surface area contributed by atoms with E-state index in [1.165, 1.54) is 35.9 Å². The van der Waals surface area contributed by atoms with E-state index in [4.69, 9.17) is 44.8 Å². The summed E-state index contributed by atoms with van der Waals surface area (Å²) < 4.78 is 55.6. The first-order chi connectivity index (χ1) is 43.1. The number of halogens is 2. The Kier molecular flexibility index (Phi) is 26.5. The van der Waals surface area contributed by atoms with Gasteiger partial charge in [-0.15, -0.1) is 16.4 Å². The van der Waals surface area contributed by atoms with Gasteiger partial charge in [0.05, 0.1) is 124 Å². The number of hydrogen-bond donors (Lipinski definition) is 5. The van der Waals surface area contributed by atoms with Crippen molar-refractivity contribution in [3.05, 3.63) is 113 Å². The van der Waals surface area contributed by atoms with Crippen LogP contribution in [-0.2, 0) is 67.3 Å². The minimum Gasteiger partial charge on any atom is -0.489 e. The lowest BCUT2D eigenvalue weighted by Gasteiger charge is -2.35. The van der Waals surface area contributed by atoms with Crippen molar-refractivity contribution < 1.29 is 61.8 Å². The van der Waals surface area contributed by atoms with Gasteiger partial charge >= 0.3 is 0 Å². The van der Waals surface area contributed by atoms with Gasteiger partial charge in [-0.25, -0.2) is 24.0 Å². The SMILES string of the molecule is Cc1ncsc1-c1ccc(CNC(=O)[C@@H]2C[C@@H](O)CN2C(=O)[C@@H](NC(=O)COCCOCCOCCn2cc(COCCOCCOCCOc3cc4ncnc(Nc5ccc(F)c(Cl)c5)c4cc3NC(=O)/C=C/CN3CCCCC3)nn2)C(C)(C)C)cc1. The molecular formula is C62H80ClFN12O12S. The zero-order valence-corrected chi connectivity index (χ0v) is 52.3. The number of rotatable bonds is 35. The van der Waals surface area contributed by atoms with Crippen LogP contribution in [0.5, 0.6) is 5.75 Å². The van der Waals surface area contributed by atoms with Crippen molar-refractivity contribution in [3.63, 3.8) is 0 Å². The predicted octanol–water partition coefficient (Wildman–Crippen LogP) is 6.66. The molecule has 0 radical (unpaired) electrons. The number of ether oxygens (including phenoxy) is 7. The number of piperidine rings is 1. The van der Waals surface area contributed by atoms with Crippen LogP contribution in [0.15, 0.2) is 84.8 Å². The Labute approximate surface area is 526 Å². The monoisotopic (exact) mass is 1270 g/mol. The minimum absolute atomic E-state index is 0.0307. The second kappa shape index (κ2) is 34.7. The summed E-state index contributed by atoms with van der Waals surface area (Å²) in [4.78, 5) is 71.5. The van der Waals surface area contributed by atoms with Crippen molar-refractivity contribution in [2.24, 2.45) is 5.41 Å². The van der Waals surface area contributed by atoms with Crippen LogP contribution >= 0.6 is 22.9 Å². The number of aromatic nitrogens is 6. The van der Waals surface area contributed by atoms with E-state index in [1.54, 1.807) is 45.9 Å². The summed E-state index contributed by atoms with van der Waals surface area (Å²) in [6.45, 7) is 13.8. The number of likely N-dealkylation sites (tertiary alicyclic amines) is 2. The molecule has 480 valence electrons. The number of carbonyl (C=O) groups is 4. The van der Waals surface area contributed by atoms with Gasteiger partial charge in [-0.3, -0.25) is 24.1 Å². The Hall–Kier alpha value is -7.11. The van der Waals surface area contributed by atoms with Gasteiger partial charge in [0.15, 0.2) is 0 Å². The number of carbonyl (C=O) groups excluding carboxylic acids is 4. The number of thiazole rings is 1. The van der Waals surface area contributed by atoms with Crippen molar-refractivity contribution in [1.82, 2.24) is 50.4 Å². The molecule has 0 unspecified atom stereocenters. The highest BCUT2D eigenvalue weighted by atomic mass is 35.5. The first-order valence-corrected chi connectivity index (χ1v) is 31.1. The van der Waals surface area contributed by atoms with E-state index in [0.29, 0.717) is 98.9 Å². The molecule has 5 N–H and O–H groups in total. The number of anilines is 3. The average Bonchev–Trinajstić information content (AvgIpc) is 3.74. The van der Waals surface area contributed by atoms with Gasteiger partial charge in [0.1, 0.15) is 54.7 Å². The molecule has 0 spiro atoms. The number of aryl methyl sites for hydroxylation is 1. The summed E-state index contributed by atoms with van der Waals surface area (Å²) >= 11 is 7.59. The molecule has 2 fully saturated rings. The van der Waals surface area contributed by atoms with Gasteiger partial charge in [-0.2, -0.15) is 0 Å². The summed E-state index contributed by atoms with van der Waals surface area (Å²) in [5, 5.41) is 31.3. The molecule has 4 amide bonds. The maximum absolute atomic E-state index is 14.0. The zero-order chi connectivity index (χ0) is 63.0. The molecule has 6 aromatic rings. The molecule has 3 atom stereocenters. The first kappa shape index (κ1) is 67.8. The topological polar surface area (TPSA) is 277 Å². The first-order valence-electron chi connectivity index (χ1n) is 29.8. The number of fused-ring (bicyclic) bond motifs is 1. The van der Waals surface area contributed by atoms with Crippen LogP contribution in [0, 0.1) is 18.2 Å². The Morgan fingerprint density at radius 2 is 1.56 bits per heavy atom. The maximum atomic E-state index is 14.0. The quantitative estimate of drug-likeness (QED) is 0.0205. The van der Waals surface area contributed by atoms with Crippen LogP contribution in [0.2, 0.25) is 5.02 Å². The van der Waals surface area contributed by atoms with E-state index in [2.05, 4.69) is 51.4 Å². The molecule has 8 rings (SSSR count). The third-order valence-corrected chi connectivity index (χ3v) is 15.7. The van der Waals surface area contributed by atoms with Crippen molar-refractivity contribution in [3.8, 4) is 16.2 Å². The fraction of sp³-hybridized carbons (Fsp3) is 0.500. The molecule has 5 heterocycles. The van der Waals surface area contributed by atoms with Crippen LogP contribution < -0.4 is 26.0 Å². The molecule has 89 heavy (non-hydrogen) atoms. The number of nitrogens with zero attached hydrogens (tertiary/aromatic N) is 8. The van der Waals surface area contributed by atoms with E-state index in [0.717, 1.165) is 47.6 Å². The third-order valence-electron chi connectivity index (χ3n) is 14.5. The Morgan fingerprint density at radius 1 is 0.854 bits per heavy atom. The molecule has 0 bridgehead atoms. The van der Waals surface area contributed by atoms with Gasteiger partial charge in [0.25, 0.3) is 0 Å². The summed E-state index contributed by atoms with van der Waals surface area (Å²) in [6.07, 6.45) is 9.29. The smallest absolute Gasteiger partial charge is 0.248 e. The Balaban J connectivity index is 0.645. The summed E-state index contributed by atoms with van der Waals surface area (Å²) in [7, 11) is 0. The van der Waals surface area contributed by atoms with Crippen LogP contribution in [0.3, 0.4) is 0 Å². The highest BCUT2D eigenvalue weighted by molar-refractivity contribution is 7.13. The number of hydrogen-bond acceptors (Lipinski definition) is 20. The third kappa shape index (κ3) is 21.5. The molecule has 0 aliphatic carbocycles. The molecule has 27 heteroatoms. The number of amides is 4. The molecule has 2 aliphatic rings. The van der Waals surface area contributed by atoms with Gasteiger partial charge in [-0.1, -0.05) is 74.3 Å². The number of aliphatic hydroxyl groups excluding tert-OH is 1. The summed E-state index contributed by atoms with van der Waals surface area (Å²) in [5.41, 5.74) is 6.10. The standard InChI is InChI=1S/C62H80ClFN12O12S/c1-42-57(89-41-68-42)44-12-10-43(11-13-44)35-65-60(80)53-32-47(77)37-76(53)61(81)58(62(2,3)4)71-56(79)39-87-28-26-83-22-21-82-20-19-75-36-46(72-73-75)38-86-27-25-84-23-24-85-29-30-88-54-34-51-48(59(67-40-66-51)69-45-14-15-50(64)49(63)31-45)33-52(54)70-55(78)9-8-18-74-16-6-5-7-17-74/h8-15,31,33-34,36,40-41,47,53,58,77H,5-7,16-30,32,35,37-39H2,1-4H3,(H,65,80)(H,70,78)(H,71,79)(H,66,67,69)/b9-8+/t47-,53+,58-/m1/s1. The number of benzene rings is 3. The van der Waals surface area contributed by atoms with Crippen molar-refractivity contribution in [2.45, 2.75) is 91.3 Å². The second-order valence-electron chi connectivity index (χ2n) is 22.4. The van der Waals surface area contributed by atoms with E-state index in [1.807, 2.05) is 58.0 Å². The van der Waals surface area contributed by atoms with Crippen LogP contribution in [-0.4, -0.2) is 192 Å². The molecule has 3 aromatic carbocycles. The molecular weight excluding hydrogens is 1190 g/mol. The van der Waals surface area contributed by atoms with Crippen LogP contribution in [0.1, 0.15) is 63.4 Å². The fourth-order valence-corrected chi connectivity index (χ4v) is 10.8. The Morgan fingerprint density at radius 3 is 2.27 bits per heavy atom. The van der Waals surface area contributed by atoms with Crippen molar-refractivity contribution >= 4 is 74.7 Å². The van der Waals surface area contributed by atoms with E-state index < -0.39 is 41.2 Å². The second-order valence-corrected chi connectivity index (χ2v) is 23.7. The maximum Gasteiger partial charge on any atom is 0.248 e. The van der Waals surface area contributed by atoms with E-state index in [-0.39, 0.29) is 76.0 Å². The average molecular weight is 1270 g/mol. The fourth-order valence-electron chi connectivity index (χ4n) is 9.82. The largest absolute Gasteiger partial charge is 0.489 e. The number of nitrogens with one attached hydrogen (secondary N) is 4. The normalized spacial score (nSPS) is 15.8. The van der Waals surface area contributed by atoms with Gasteiger partial charge in [0, 0.05) is 49.3 Å². The van der Waals surface area contributed by atoms with Gasteiger partial charge in [-0.05, 0) is 73.7 Å². The molecule has 24 nitrogen and oxygen atoms in total. The lowest BCUT2D eigenvalue weighted by Crippen LogP contribution is -2.58. The summed E-state index contributed by atoms with van der Waals surface area (Å²) in [5.74, 6) is -1.38. The highest BCUT2D eigenvalue weighted by Crippen LogP contribution is 2.35. The van der Waals surface area contributed by atoms with Gasteiger partial charge in [0.2, 0.25) is 23.6 Å². The van der Waals surface area contributed by atoms with E-state index in [9.17, 15) is 28.7 Å². The van der Waals surface area contributed by atoms with Crippen LogP contribution in [0.25, 0.3) is 21.3 Å². The summed E-state index contributed by atoms with van der Waals surface area (Å²) in [6, 6.07) is 13.7.